The maximum absolute atomic E-state index is 6.18. The number of piperazine rings is 1. The molecule has 2 atom stereocenters. The lowest BCUT2D eigenvalue weighted by atomic mass is 10.1. The van der Waals surface area contributed by atoms with E-state index in [1.807, 2.05) is 18.2 Å². The number of nitrogens with one attached hydrogen (secondary N) is 1. The zero-order valence-electron chi connectivity index (χ0n) is 13.6. The van der Waals surface area contributed by atoms with Gasteiger partial charge in [0, 0.05) is 49.4 Å². The molecule has 3 rings (SSSR count). The van der Waals surface area contributed by atoms with Crippen molar-refractivity contribution in [3.05, 3.63) is 28.8 Å². The van der Waals surface area contributed by atoms with Gasteiger partial charge in [-0.15, -0.1) is 12.4 Å². The van der Waals surface area contributed by atoms with Crippen LogP contribution in [-0.2, 0) is 11.3 Å². The molecule has 2 saturated heterocycles. The van der Waals surface area contributed by atoms with Gasteiger partial charge in [0.05, 0.1) is 6.10 Å². The normalized spacial score (nSPS) is 25.1. The maximum Gasteiger partial charge on any atom is 0.124 e. The lowest BCUT2D eigenvalue weighted by molar-refractivity contribution is 0.0672. The highest BCUT2D eigenvalue weighted by molar-refractivity contribution is 6.30. The molecule has 4 nitrogen and oxygen atoms in total. The average molecular weight is 361 g/mol. The van der Waals surface area contributed by atoms with Crippen LogP contribution in [0.5, 0.6) is 5.75 Å². The Hall–Kier alpha value is -0.520. The summed E-state index contributed by atoms with van der Waals surface area (Å²) in [6.07, 6.45) is 2.47. The zero-order chi connectivity index (χ0) is 15.4. The molecule has 2 aliphatic heterocycles. The lowest BCUT2D eigenvalue weighted by Gasteiger charge is -2.32. The Morgan fingerprint density at radius 3 is 3.04 bits per heavy atom. The number of halogens is 2. The standard InChI is InChI=1S/C17H25ClN2O2.ClH/c1-13-10-20(7-6-19-13)11-14-9-15(18)4-5-17(14)22-12-16-3-2-8-21-16;/h4-5,9,13,16,19H,2-3,6-8,10-12H2,1H3;1H. The third kappa shape index (κ3) is 5.50. The van der Waals surface area contributed by atoms with Gasteiger partial charge in [0.1, 0.15) is 12.4 Å². The van der Waals surface area contributed by atoms with E-state index in [1.165, 1.54) is 5.56 Å². The molecule has 2 aliphatic rings. The summed E-state index contributed by atoms with van der Waals surface area (Å²) in [5.74, 6) is 0.936. The van der Waals surface area contributed by atoms with Crippen LogP contribution in [0.25, 0.3) is 0 Å². The van der Waals surface area contributed by atoms with Gasteiger partial charge >= 0.3 is 0 Å². The number of nitrogens with zero attached hydrogens (tertiary/aromatic N) is 1. The Morgan fingerprint density at radius 1 is 1.43 bits per heavy atom. The SMILES string of the molecule is CC1CN(Cc2cc(Cl)ccc2OCC2CCCO2)CCN1.Cl. The van der Waals surface area contributed by atoms with Crippen LogP contribution in [0, 0.1) is 0 Å². The van der Waals surface area contributed by atoms with Crippen molar-refractivity contribution in [1.29, 1.82) is 0 Å². The van der Waals surface area contributed by atoms with Crippen molar-refractivity contribution in [3.63, 3.8) is 0 Å². The number of ether oxygens (including phenoxy) is 2. The van der Waals surface area contributed by atoms with Crippen molar-refractivity contribution in [2.24, 2.45) is 0 Å². The van der Waals surface area contributed by atoms with Gasteiger partial charge in [0.2, 0.25) is 0 Å². The minimum absolute atomic E-state index is 0. The number of benzene rings is 1. The van der Waals surface area contributed by atoms with E-state index < -0.39 is 0 Å². The molecule has 130 valence electrons. The zero-order valence-corrected chi connectivity index (χ0v) is 15.2. The maximum atomic E-state index is 6.18. The Balaban J connectivity index is 0.00000192. The summed E-state index contributed by atoms with van der Waals surface area (Å²) in [7, 11) is 0. The van der Waals surface area contributed by atoms with E-state index >= 15 is 0 Å². The first-order chi connectivity index (χ1) is 10.7. The van der Waals surface area contributed by atoms with Crippen LogP contribution in [0.1, 0.15) is 25.3 Å². The molecular weight excluding hydrogens is 335 g/mol. The molecule has 0 bridgehead atoms. The van der Waals surface area contributed by atoms with E-state index in [0.29, 0.717) is 12.6 Å². The van der Waals surface area contributed by atoms with Gasteiger partial charge in [0.15, 0.2) is 0 Å². The van der Waals surface area contributed by atoms with Gasteiger partial charge in [-0.2, -0.15) is 0 Å². The Bertz CT molecular complexity index is 495. The highest BCUT2D eigenvalue weighted by Crippen LogP contribution is 2.26. The summed E-state index contributed by atoms with van der Waals surface area (Å²) >= 11 is 6.18. The first kappa shape index (κ1) is 18.8. The highest BCUT2D eigenvalue weighted by atomic mass is 35.5. The van der Waals surface area contributed by atoms with Crippen molar-refractivity contribution >= 4 is 24.0 Å². The predicted molar refractivity (Wildman–Crippen MR) is 95.9 cm³/mol. The van der Waals surface area contributed by atoms with E-state index in [9.17, 15) is 0 Å². The van der Waals surface area contributed by atoms with E-state index in [-0.39, 0.29) is 18.5 Å². The third-order valence-electron chi connectivity index (χ3n) is 4.32. The molecule has 0 spiro atoms. The van der Waals surface area contributed by atoms with Gasteiger partial charge in [-0.05, 0) is 38.0 Å². The predicted octanol–water partition coefficient (Wildman–Crippen LogP) is 3.11. The van der Waals surface area contributed by atoms with Crippen molar-refractivity contribution in [1.82, 2.24) is 10.2 Å². The van der Waals surface area contributed by atoms with E-state index in [4.69, 9.17) is 21.1 Å². The molecule has 2 unspecified atom stereocenters. The van der Waals surface area contributed by atoms with Crippen molar-refractivity contribution < 1.29 is 9.47 Å². The van der Waals surface area contributed by atoms with E-state index in [2.05, 4.69) is 17.1 Å². The molecule has 1 N–H and O–H groups in total. The molecule has 0 saturated carbocycles. The first-order valence-electron chi connectivity index (χ1n) is 8.19. The van der Waals surface area contributed by atoms with Crippen LogP contribution in [-0.4, -0.2) is 49.9 Å². The summed E-state index contributed by atoms with van der Waals surface area (Å²) in [5.41, 5.74) is 1.17. The molecular formula is C17H26Cl2N2O2. The first-order valence-corrected chi connectivity index (χ1v) is 8.57. The van der Waals surface area contributed by atoms with Crippen LogP contribution in [0.4, 0.5) is 0 Å². The summed E-state index contributed by atoms with van der Waals surface area (Å²) in [4.78, 5) is 2.45. The average Bonchev–Trinajstić information content (AvgIpc) is 3.00. The summed E-state index contributed by atoms with van der Waals surface area (Å²) in [6, 6.07) is 6.44. The number of hydrogen-bond acceptors (Lipinski definition) is 4. The largest absolute Gasteiger partial charge is 0.491 e. The number of rotatable bonds is 5. The van der Waals surface area contributed by atoms with Gasteiger partial charge in [-0.25, -0.2) is 0 Å². The monoisotopic (exact) mass is 360 g/mol. The van der Waals surface area contributed by atoms with E-state index in [0.717, 1.165) is 56.4 Å². The van der Waals surface area contributed by atoms with Crippen LogP contribution < -0.4 is 10.1 Å². The van der Waals surface area contributed by atoms with Crippen LogP contribution in [0.15, 0.2) is 18.2 Å². The Morgan fingerprint density at radius 2 is 2.30 bits per heavy atom. The molecule has 2 heterocycles. The van der Waals surface area contributed by atoms with Crippen molar-refractivity contribution in [2.75, 3.05) is 32.8 Å². The van der Waals surface area contributed by atoms with E-state index in [1.54, 1.807) is 0 Å². The van der Waals surface area contributed by atoms with Crippen molar-refractivity contribution in [2.45, 2.75) is 38.5 Å². The molecule has 1 aromatic rings. The second-order valence-corrected chi connectivity index (χ2v) is 6.72. The molecule has 1 aromatic carbocycles. The Kier molecular flexibility index (Phi) is 7.44. The van der Waals surface area contributed by atoms with Gasteiger partial charge in [-0.1, -0.05) is 11.6 Å². The highest BCUT2D eigenvalue weighted by Gasteiger charge is 2.19. The topological polar surface area (TPSA) is 33.7 Å². The van der Waals surface area contributed by atoms with Crippen molar-refractivity contribution in [3.8, 4) is 5.75 Å². The second kappa shape index (κ2) is 9.09. The van der Waals surface area contributed by atoms with Gasteiger partial charge in [-0.3, -0.25) is 4.90 Å². The molecule has 23 heavy (non-hydrogen) atoms. The summed E-state index contributed by atoms with van der Waals surface area (Å²) < 4.78 is 11.7. The quantitative estimate of drug-likeness (QED) is 0.874. The molecule has 0 aromatic heterocycles. The molecule has 6 heteroatoms. The van der Waals surface area contributed by atoms with Gasteiger partial charge in [0.25, 0.3) is 0 Å². The molecule has 0 amide bonds. The van der Waals surface area contributed by atoms with Crippen LogP contribution >= 0.6 is 24.0 Å². The fourth-order valence-corrected chi connectivity index (χ4v) is 3.36. The minimum atomic E-state index is 0. The number of hydrogen-bond donors (Lipinski definition) is 1. The van der Waals surface area contributed by atoms with Crippen LogP contribution in [0.3, 0.4) is 0 Å². The molecule has 0 aliphatic carbocycles. The smallest absolute Gasteiger partial charge is 0.124 e. The Labute approximate surface area is 149 Å². The molecule has 2 fully saturated rings. The fourth-order valence-electron chi connectivity index (χ4n) is 3.17. The van der Waals surface area contributed by atoms with Gasteiger partial charge < -0.3 is 14.8 Å². The summed E-state index contributed by atoms with van der Waals surface area (Å²) in [6.45, 7) is 7.74. The lowest BCUT2D eigenvalue weighted by Crippen LogP contribution is -2.48. The second-order valence-electron chi connectivity index (χ2n) is 6.29. The third-order valence-corrected chi connectivity index (χ3v) is 4.55. The van der Waals surface area contributed by atoms with Crippen LogP contribution in [0.2, 0.25) is 5.02 Å². The fraction of sp³-hybridized carbons (Fsp3) is 0.647. The molecule has 0 radical (unpaired) electrons. The summed E-state index contributed by atoms with van der Waals surface area (Å²) in [5, 5.41) is 4.24. The minimum Gasteiger partial charge on any atom is -0.491 e.